The number of carbonyl (C=O) groups excluding carboxylic acids is 2. The number of hydrogen-bond acceptors (Lipinski definition) is 3. The molecule has 0 spiro atoms. The van der Waals surface area contributed by atoms with Gasteiger partial charge in [0.05, 0.1) is 12.5 Å². The van der Waals surface area contributed by atoms with Gasteiger partial charge in [0.1, 0.15) is 5.82 Å². The Bertz CT molecular complexity index is 570. The van der Waals surface area contributed by atoms with Crippen LogP contribution in [0.3, 0.4) is 0 Å². The fourth-order valence-electron chi connectivity index (χ4n) is 2.28. The maximum atomic E-state index is 12.8. The number of β-amino-alcohol motifs (C(OH)–C–C–N with tert-alkyl or cyclic N) is 1. The van der Waals surface area contributed by atoms with Crippen molar-refractivity contribution < 1.29 is 32.3 Å². The van der Waals surface area contributed by atoms with Gasteiger partial charge in [-0.25, -0.2) is 4.39 Å². The second-order valence-corrected chi connectivity index (χ2v) is 5.13. The Morgan fingerprint density at radius 2 is 1.82 bits per heavy atom. The van der Waals surface area contributed by atoms with Crippen molar-refractivity contribution >= 4 is 11.8 Å². The Balaban J connectivity index is 2.04. The Labute approximate surface area is 123 Å². The molecular formula is C14H13F4NO3. The maximum absolute atomic E-state index is 12.8. The van der Waals surface area contributed by atoms with E-state index in [-0.39, 0.29) is 12.8 Å². The van der Waals surface area contributed by atoms with E-state index in [4.69, 9.17) is 5.11 Å². The predicted octanol–water partition coefficient (Wildman–Crippen LogP) is 1.67. The Morgan fingerprint density at radius 3 is 2.36 bits per heavy atom. The van der Waals surface area contributed by atoms with Crippen molar-refractivity contribution in [3.8, 4) is 0 Å². The number of aliphatic hydroxyl groups is 1. The monoisotopic (exact) mass is 319 g/mol. The van der Waals surface area contributed by atoms with E-state index in [0.29, 0.717) is 10.5 Å². The van der Waals surface area contributed by atoms with Gasteiger partial charge in [-0.2, -0.15) is 13.2 Å². The molecule has 120 valence electrons. The molecule has 1 aliphatic rings. The van der Waals surface area contributed by atoms with Crippen molar-refractivity contribution in [2.75, 3.05) is 6.54 Å². The molecule has 0 aromatic heterocycles. The zero-order valence-electron chi connectivity index (χ0n) is 11.3. The van der Waals surface area contributed by atoms with Crippen molar-refractivity contribution in [1.29, 1.82) is 0 Å². The molecule has 1 N–H and O–H groups in total. The molecule has 1 heterocycles. The minimum atomic E-state index is -4.89. The van der Waals surface area contributed by atoms with Crippen LogP contribution in [0.5, 0.6) is 0 Å². The third-order valence-corrected chi connectivity index (χ3v) is 3.47. The maximum Gasteiger partial charge on any atom is 0.416 e. The number of benzene rings is 1. The number of halogens is 4. The quantitative estimate of drug-likeness (QED) is 0.678. The zero-order valence-corrected chi connectivity index (χ0v) is 11.3. The molecule has 22 heavy (non-hydrogen) atoms. The summed E-state index contributed by atoms with van der Waals surface area (Å²) in [6, 6.07) is 5.28. The molecule has 0 unspecified atom stereocenters. The smallest absolute Gasteiger partial charge is 0.382 e. The number of hydrogen-bond donors (Lipinski definition) is 1. The SMILES string of the molecule is O=C1C[C@H](Cc2ccc(F)cc2)C(=O)N1C[C@@H](O)C(F)(F)F. The van der Waals surface area contributed by atoms with E-state index in [0.717, 1.165) is 0 Å². The van der Waals surface area contributed by atoms with Gasteiger partial charge in [-0.1, -0.05) is 12.1 Å². The minimum Gasteiger partial charge on any atom is -0.382 e. The lowest BCUT2D eigenvalue weighted by molar-refractivity contribution is -0.207. The summed E-state index contributed by atoms with van der Waals surface area (Å²) in [6.45, 7) is -1.10. The average molecular weight is 319 g/mol. The fraction of sp³-hybridized carbons (Fsp3) is 0.429. The predicted molar refractivity (Wildman–Crippen MR) is 67.0 cm³/mol. The molecule has 8 heteroatoms. The molecule has 2 rings (SSSR count). The van der Waals surface area contributed by atoms with Gasteiger partial charge in [-0.05, 0) is 24.1 Å². The van der Waals surface area contributed by atoms with E-state index in [9.17, 15) is 27.2 Å². The highest BCUT2D eigenvalue weighted by atomic mass is 19.4. The van der Waals surface area contributed by atoms with Crippen LogP contribution in [-0.2, 0) is 16.0 Å². The van der Waals surface area contributed by atoms with Crippen LogP contribution in [0.15, 0.2) is 24.3 Å². The standard InChI is InChI=1S/C14H13F4NO3/c15-10-3-1-8(2-4-10)5-9-6-12(21)19(13(9)22)7-11(20)14(16,17)18/h1-4,9,11,20H,5-7H2/t9-,11+/m0/s1. The van der Waals surface area contributed by atoms with Crippen LogP contribution in [0.2, 0.25) is 0 Å². The summed E-state index contributed by atoms with van der Waals surface area (Å²) in [5.41, 5.74) is 0.603. The van der Waals surface area contributed by atoms with E-state index in [1.807, 2.05) is 0 Å². The van der Waals surface area contributed by atoms with Crippen molar-refractivity contribution in [3.05, 3.63) is 35.6 Å². The number of amides is 2. The first-order chi connectivity index (χ1) is 10.2. The molecule has 1 saturated heterocycles. The summed E-state index contributed by atoms with van der Waals surface area (Å²) >= 11 is 0. The first-order valence-electron chi connectivity index (χ1n) is 6.52. The van der Waals surface area contributed by atoms with Gasteiger partial charge in [0.15, 0.2) is 6.10 Å². The summed E-state index contributed by atoms with van der Waals surface area (Å²) in [6.07, 6.45) is -7.75. The molecule has 0 aliphatic carbocycles. The third-order valence-electron chi connectivity index (χ3n) is 3.47. The molecule has 1 aromatic carbocycles. The van der Waals surface area contributed by atoms with Crippen molar-refractivity contribution in [2.45, 2.75) is 25.1 Å². The van der Waals surface area contributed by atoms with Crippen LogP contribution in [-0.4, -0.2) is 40.6 Å². The molecule has 1 aromatic rings. The van der Waals surface area contributed by atoms with Crippen LogP contribution in [0.25, 0.3) is 0 Å². The van der Waals surface area contributed by atoms with Crippen molar-refractivity contribution in [2.24, 2.45) is 5.92 Å². The number of alkyl halides is 3. The highest BCUT2D eigenvalue weighted by Crippen LogP contribution is 2.27. The van der Waals surface area contributed by atoms with Crippen LogP contribution < -0.4 is 0 Å². The molecule has 0 bridgehead atoms. The minimum absolute atomic E-state index is 0.128. The first kappa shape index (κ1) is 16.4. The molecule has 4 nitrogen and oxygen atoms in total. The number of imide groups is 1. The largest absolute Gasteiger partial charge is 0.416 e. The number of rotatable bonds is 4. The summed E-state index contributed by atoms with van der Waals surface area (Å²) < 4.78 is 49.7. The second-order valence-electron chi connectivity index (χ2n) is 5.13. The fourth-order valence-corrected chi connectivity index (χ4v) is 2.28. The Hall–Kier alpha value is -1.96. The molecule has 1 fully saturated rings. The van der Waals surface area contributed by atoms with Crippen LogP contribution >= 0.6 is 0 Å². The second kappa shape index (κ2) is 6.04. The van der Waals surface area contributed by atoms with E-state index in [2.05, 4.69) is 0 Å². The molecule has 1 aliphatic heterocycles. The lowest BCUT2D eigenvalue weighted by atomic mass is 9.98. The van der Waals surface area contributed by atoms with Gasteiger partial charge >= 0.3 is 6.18 Å². The summed E-state index contributed by atoms with van der Waals surface area (Å²) in [7, 11) is 0. The normalized spacial score (nSPS) is 20.6. The van der Waals surface area contributed by atoms with Gasteiger partial charge < -0.3 is 5.11 Å². The Kier molecular flexibility index (Phi) is 4.50. The Morgan fingerprint density at radius 1 is 1.23 bits per heavy atom. The first-order valence-corrected chi connectivity index (χ1v) is 6.52. The van der Waals surface area contributed by atoms with E-state index < -0.39 is 42.4 Å². The molecule has 2 atom stereocenters. The van der Waals surface area contributed by atoms with E-state index in [1.165, 1.54) is 24.3 Å². The molecular weight excluding hydrogens is 306 g/mol. The number of aliphatic hydroxyl groups excluding tert-OH is 1. The molecule has 0 radical (unpaired) electrons. The lowest BCUT2D eigenvalue weighted by Gasteiger charge is -2.20. The molecule has 2 amide bonds. The number of nitrogens with zero attached hydrogens (tertiary/aromatic N) is 1. The van der Waals surface area contributed by atoms with Crippen molar-refractivity contribution in [3.63, 3.8) is 0 Å². The number of carbonyl (C=O) groups is 2. The van der Waals surface area contributed by atoms with Crippen LogP contribution in [0.1, 0.15) is 12.0 Å². The van der Waals surface area contributed by atoms with Gasteiger partial charge in [-0.3, -0.25) is 14.5 Å². The summed E-state index contributed by atoms with van der Waals surface area (Å²) in [5.74, 6) is -2.75. The summed E-state index contributed by atoms with van der Waals surface area (Å²) in [4.78, 5) is 24.1. The van der Waals surface area contributed by atoms with Crippen LogP contribution in [0.4, 0.5) is 17.6 Å². The lowest BCUT2D eigenvalue weighted by Crippen LogP contribution is -2.43. The zero-order chi connectivity index (χ0) is 16.5. The third kappa shape index (κ3) is 3.62. The average Bonchev–Trinajstić information content (AvgIpc) is 2.68. The van der Waals surface area contributed by atoms with Gasteiger partial charge in [0.25, 0.3) is 0 Å². The highest BCUT2D eigenvalue weighted by Gasteiger charge is 2.45. The van der Waals surface area contributed by atoms with Gasteiger partial charge in [0, 0.05) is 6.42 Å². The van der Waals surface area contributed by atoms with Crippen LogP contribution in [0, 0.1) is 11.7 Å². The van der Waals surface area contributed by atoms with E-state index in [1.54, 1.807) is 0 Å². The van der Waals surface area contributed by atoms with Gasteiger partial charge in [0.2, 0.25) is 11.8 Å². The summed E-state index contributed by atoms with van der Waals surface area (Å²) in [5, 5.41) is 8.98. The van der Waals surface area contributed by atoms with Gasteiger partial charge in [-0.15, -0.1) is 0 Å². The van der Waals surface area contributed by atoms with Crippen molar-refractivity contribution in [1.82, 2.24) is 4.90 Å². The van der Waals surface area contributed by atoms with E-state index >= 15 is 0 Å². The molecule has 0 saturated carbocycles. The number of likely N-dealkylation sites (tertiary alicyclic amines) is 1. The highest BCUT2D eigenvalue weighted by molar-refractivity contribution is 6.03. The topological polar surface area (TPSA) is 57.6 Å².